The molecule has 0 N–H and O–H groups in total. The third kappa shape index (κ3) is 9.67. The van der Waals surface area contributed by atoms with Crippen LogP contribution in [0.25, 0.3) is 78.3 Å². The van der Waals surface area contributed by atoms with Crippen LogP contribution in [0.4, 0.5) is 8.78 Å². The van der Waals surface area contributed by atoms with Crippen LogP contribution >= 0.6 is 0 Å². The molecule has 66 heavy (non-hydrogen) atoms. The lowest BCUT2D eigenvalue weighted by molar-refractivity contribution is 0.584. The molecule has 3 aromatic heterocycles. The lowest BCUT2D eigenvalue weighted by Crippen LogP contribution is -1.99. The lowest BCUT2D eigenvalue weighted by atomic mass is 9.87. The van der Waals surface area contributed by atoms with Crippen LogP contribution in [-0.2, 0) is 25.7 Å². The van der Waals surface area contributed by atoms with Gasteiger partial charge in [-0.1, -0.05) is 170 Å². The third-order valence-electron chi connectivity index (χ3n) is 12.1. The standard InChI is InChI=1S/C61H45F2N3/c62-53-35-51(36-54(63)37-53)46-26-28-47(29-27-46)57-38-61(50-16-8-3-9-17-50)66-41-58(57)56-19-11-10-18-55(56)52-33-44(22-20-42-24-30-59(64-39-42)48-12-4-1-5-13-48)32-45(34-52)23-21-43-25-31-60(65-40-43)49-14-6-2-7-15-49/h1-19,24-41H,20-23H2. The first-order valence-electron chi connectivity index (χ1n) is 22.3. The zero-order valence-electron chi connectivity index (χ0n) is 36.3. The van der Waals surface area contributed by atoms with E-state index in [9.17, 15) is 8.78 Å². The normalized spacial score (nSPS) is 11.1. The van der Waals surface area contributed by atoms with Crippen molar-refractivity contribution in [2.24, 2.45) is 0 Å². The minimum atomic E-state index is -0.606. The molecule has 5 heteroatoms. The van der Waals surface area contributed by atoms with Crippen LogP contribution in [0.5, 0.6) is 0 Å². The minimum absolute atomic E-state index is 0.487. The molecule has 0 unspecified atom stereocenters. The Hall–Kier alpha value is -8.15. The average Bonchev–Trinajstić information content (AvgIpc) is 3.38. The van der Waals surface area contributed by atoms with E-state index in [4.69, 9.17) is 15.0 Å². The van der Waals surface area contributed by atoms with Gasteiger partial charge in [0.25, 0.3) is 0 Å². The zero-order valence-corrected chi connectivity index (χ0v) is 36.3. The summed E-state index contributed by atoms with van der Waals surface area (Å²) in [5, 5.41) is 0. The van der Waals surface area contributed by atoms with E-state index < -0.39 is 11.6 Å². The maximum atomic E-state index is 14.3. The molecular weight excluding hydrogens is 813 g/mol. The van der Waals surface area contributed by atoms with Crippen molar-refractivity contribution in [3.8, 4) is 78.3 Å². The van der Waals surface area contributed by atoms with Gasteiger partial charge in [-0.2, -0.15) is 0 Å². The number of nitrogens with zero attached hydrogens (tertiary/aromatic N) is 3. The maximum Gasteiger partial charge on any atom is 0.126 e. The van der Waals surface area contributed by atoms with E-state index in [1.54, 1.807) is 0 Å². The van der Waals surface area contributed by atoms with Crippen LogP contribution in [-0.4, -0.2) is 15.0 Å². The SMILES string of the molecule is Fc1cc(F)cc(-c2ccc(-c3cc(-c4ccccc4)ncc3-c3ccccc3-c3cc(CCc4ccc(-c5ccccc5)nc4)cc(CCc4ccc(-c5ccccc5)nc4)c3)cc2)c1. The molecule has 7 aromatic carbocycles. The Kier molecular flexibility index (Phi) is 12.2. The molecule has 0 bridgehead atoms. The van der Waals surface area contributed by atoms with Crippen LogP contribution in [0, 0.1) is 11.6 Å². The molecule has 0 saturated carbocycles. The monoisotopic (exact) mass is 857 g/mol. The molecule has 0 saturated heterocycles. The van der Waals surface area contributed by atoms with Crippen LogP contribution in [0.15, 0.2) is 225 Å². The van der Waals surface area contributed by atoms with Crippen LogP contribution in [0.3, 0.4) is 0 Å². The molecule has 0 radical (unpaired) electrons. The first kappa shape index (κ1) is 41.8. The summed E-state index contributed by atoms with van der Waals surface area (Å²) < 4.78 is 28.5. The molecule has 10 rings (SSSR count). The van der Waals surface area contributed by atoms with Crippen LogP contribution in [0.1, 0.15) is 22.3 Å². The number of hydrogen-bond acceptors (Lipinski definition) is 3. The fourth-order valence-electron chi connectivity index (χ4n) is 8.70. The van der Waals surface area contributed by atoms with Gasteiger partial charge in [-0.3, -0.25) is 15.0 Å². The molecule has 318 valence electrons. The summed E-state index contributed by atoms with van der Waals surface area (Å²) in [6.45, 7) is 0. The van der Waals surface area contributed by atoms with Crippen molar-refractivity contribution in [3.05, 3.63) is 259 Å². The summed E-state index contributed by atoms with van der Waals surface area (Å²) in [7, 11) is 0. The second kappa shape index (κ2) is 19.3. The van der Waals surface area contributed by atoms with Gasteiger partial charge in [0.1, 0.15) is 11.6 Å². The number of benzene rings is 7. The minimum Gasteiger partial charge on any atom is -0.256 e. The Morgan fingerprint density at radius 2 is 0.712 bits per heavy atom. The topological polar surface area (TPSA) is 38.7 Å². The van der Waals surface area contributed by atoms with Crippen LogP contribution < -0.4 is 0 Å². The molecule has 0 atom stereocenters. The smallest absolute Gasteiger partial charge is 0.126 e. The second-order valence-corrected chi connectivity index (χ2v) is 16.6. The van der Waals surface area contributed by atoms with Gasteiger partial charge in [-0.25, -0.2) is 8.78 Å². The Morgan fingerprint density at radius 1 is 0.258 bits per heavy atom. The number of aromatic nitrogens is 3. The molecule has 0 aliphatic rings. The van der Waals surface area contributed by atoms with Gasteiger partial charge in [0.15, 0.2) is 0 Å². The summed E-state index contributed by atoms with van der Waals surface area (Å²) in [6.07, 6.45) is 9.40. The average molecular weight is 858 g/mol. The Balaban J connectivity index is 1.02. The second-order valence-electron chi connectivity index (χ2n) is 16.6. The van der Waals surface area contributed by atoms with Crippen molar-refractivity contribution in [2.75, 3.05) is 0 Å². The zero-order chi connectivity index (χ0) is 44.7. The highest BCUT2D eigenvalue weighted by Gasteiger charge is 2.17. The summed E-state index contributed by atoms with van der Waals surface area (Å²) >= 11 is 0. The van der Waals surface area contributed by atoms with Crippen molar-refractivity contribution in [1.29, 1.82) is 0 Å². The van der Waals surface area contributed by atoms with Gasteiger partial charge in [0.05, 0.1) is 17.1 Å². The number of rotatable bonds is 13. The Labute approximate surface area is 384 Å². The molecule has 0 spiro atoms. The van der Waals surface area contributed by atoms with E-state index >= 15 is 0 Å². The fourth-order valence-corrected chi connectivity index (χ4v) is 8.70. The van der Waals surface area contributed by atoms with Crippen molar-refractivity contribution < 1.29 is 8.78 Å². The highest BCUT2D eigenvalue weighted by atomic mass is 19.1. The van der Waals surface area contributed by atoms with Gasteiger partial charge < -0.3 is 0 Å². The molecule has 10 aromatic rings. The van der Waals surface area contributed by atoms with Gasteiger partial charge in [0, 0.05) is 46.9 Å². The molecule has 3 heterocycles. The molecule has 0 amide bonds. The van der Waals surface area contributed by atoms with E-state index in [1.807, 2.05) is 97.5 Å². The Bertz CT molecular complexity index is 3100. The Morgan fingerprint density at radius 3 is 1.23 bits per heavy atom. The van der Waals surface area contributed by atoms with Crippen molar-refractivity contribution >= 4 is 0 Å². The molecule has 0 aliphatic heterocycles. The van der Waals surface area contributed by atoms with Gasteiger partial charge in [-0.15, -0.1) is 0 Å². The first-order valence-corrected chi connectivity index (χ1v) is 22.3. The maximum absolute atomic E-state index is 14.3. The van der Waals surface area contributed by atoms with Gasteiger partial charge >= 0.3 is 0 Å². The summed E-state index contributed by atoms with van der Waals surface area (Å²) in [5.41, 5.74) is 18.4. The van der Waals surface area contributed by atoms with Crippen molar-refractivity contribution in [2.45, 2.75) is 25.7 Å². The van der Waals surface area contributed by atoms with E-state index in [0.717, 1.165) is 104 Å². The molecule has 0 fully saturated rings. The third-order valence-corrected chi connectivity index (χ3v) is 12.1. The van der Waals surface area contributed by atoms with E-state index in [-0.39, 0.29) is 0 Å². The van der Waals surface area contributed by atoms with Crippen molar-refractivity contribution in [3.63, 3.8) is 0 Å². The quantitative estimate of drug-likeness (QED) is 0.116. The predicted octanol–water partition coefficient (Wildman–Crippen LogP) is 15.4. The van der Waals surface area contributed by atoms with Gasteiger partial charge in [-0.05, 0) is 117 Å². The van der Waals surface area contributed by atoms with E-state index in [1.165, 1.54) is 34.4 Å². The fraction of sp³-hybridized carbons (Fsp3) is 0.0656. The molecular formula is C61H45F2N3. The number of hydrogen-bond donors (Lipinski definition) is 0. The first-order chi connectivity index (χ1) is 32.5. The highest BCUT2D eigenvalue weighted by molar-refractivity contribution is 5.93. The largest absolute Gasteiger partial charge is 0.256 e. The highest BCUT2D eigenvalue weighted by Crippen LogP contribution is 2.41. The summed E-state index contributed by atoms with van der Waals surface area (Å²) in [4.78, 5) is 14.7. The molecule has 0 aliphatic carbocycles. The van der Waals surface area contributed by atoms with Gasteiger partial charge in [0.2, 0.25) is 0 Å². The summed E-state index contributed by atoms with van der Waals surface area (Å²) in [6, 6.07) is 68.6. The lowest BCUT2D eigenvalue weighted by Gasteiger charge is -2.18. The number of pyridine rings is 3. The predicted molar refractivity (Wildman–Crippen MR) is 265 cm³/mol. The van der Waals surface area contributed by atoms with Crippen molar-refractivity contribution in [1.82, 2.24) is 15.0 Å². The number of aryl methyl sites for hydroxylation is 4. The summed E-state index contributed by atoms with van der Waals surface area (Å²) in [5.74, 6) is -1.21. The van der Waals surface area contributed by atoms with Crippen LogP contribution in [0.2, 0.25) is 0 Å². The van der Waals surface area contributed by atoms with E-state index in [2.05, 4.69) is 109 Å². The number of halogens is 2. The molecule has 3 nitrogen and oxygen atoms in total. The van der Waals surface area contributed by atoms with E-state index in [0.29, 0.717) is 5.56 Å².